The average Bonchev–Trinajstić information content (AvgIpc) is 3.20. The molecule has 3 rings (SSSR count). The van der Waals surface area contributed by atoms with E-state index in [2.05, 4.69) is 20.2 Å². The van der Waals surface area contributed by atoms with Crippen LogP contribution in [0.4, 0.5) is 13.2 Å². The largest absolute Gasteiger partial charge is 0.573 e. The fourth-order valence-corrected chi connectivity index (χ4v) is 2.84. The van der Waals surface area contributed by atoms with Gasteiger partial charge in [-0.3, -0.25) is 4.79 Å². The van der Waals surface area contributed by atoms with Gasteiger partial charge in [-0.25, -0.2) is 0 Å². The number of ether oxygens (including phenoxy) is 2. The smallest absolute Gasteiger partial charge is 0.406 e. The van der Waals surface area contributed by atoms with Crippen molar-refractivity contribution in [2.45, 2.75) is 44.1 Å². The molecule has 1 aromatic carbocycles. The Bertz CT molecular complexity index is 842. The number of aliphatic hydroxyl groups is 2. The number of carbonyl (C=O) groups excluding carboxylic acids is 1. The van der Waals surface area contributed by atoms with Gasteiger partial charge in [0.1, 0.15) is 24.1 Å². The van der Waals surface area contributed by atoms with Gasteiger partial charge in [0.2, 0.25) is 17.6 Å². The molecule has 2 aromatic rings. The van der Waals surface area contributed by atoms with Crippen LogP contribution in [-0.4, -0.2) is 63.6 Å². The summed E-state index contributed by atoms with van der Waals surface area (Å²) in [6.45, 7) is 1.35. The fourth-order valence-electron chi connectivity index (χ4n) is 2.84. The summed E-state index contributed by atoms with van der Waals surface area (Å²) in [6, 6.07) is 4.91. The summed E-state index contributed by atoms with van der Waals surface area (Å²) < 4.78 is 51.1. The summed E-state index contributed by atoms with van der Waals surface area (Å²) in [7, 11) is 0. The van der Waals surface area contributed by atoms with Crippen LogP contribution in [0.2, 0.25) is 0 Å². The zero-order valence-corrected chi connectivity index (χ0v) is 15.1. The van der Waals surface area contributed by atoms with E-state index in [1.165, 1.54) is 19.1 Å². The molecule has 9 nitrogen and oxygen atoms in total. The normalized spacial score (nSPS) is 24.5. The summed E-state index contributed by atoms with van der Waals surface area (Å²) in [5, 5.41) is 26.4. The predicted octanol–water partition coefficient (Wildman–Crippen LogP) is 0.803. The number of hydrogen-bond donors (Lipinski definition) is 3. The van der Waals surface area contributed by atoms with Gasteiger partial charge in [0.15, 0.2) is 0 Å². The van der Waals surface area contributed by atoms with Crippen molar-refractivity contribution in [1.82, 2.24) is 15.5 Å². The molecule has 0 radical (unpaired) electrons. The van der Waals surface area contributed by atoms with Crippen molar-refractivity contribution in [3.63, 3.8) is 0 Å². The highest BCUT2D eigenvalue weighted by Crippen LogP contribution is 2.27. The summed E-state index contributed by atoms with van der Waals surface area (Å²) in [5.74, 6) is -0.452. The van der Waals surface area contributed by atoms with E-state index in [0.29, 0.717) is 5.56 Å². The van der Waals surface area contributed by atoms with Crippen LogP contribution in [0.25, 0.3) is 11.4 Å². The van der Waals surface area contributed by atoms with E-state index in [1.807, 2.05) is 0 Å². The molecule has 1 aliphatic rings. The minimum atomic E-state index is -4.79. The molecule has 1 amide bonds. The van der Waals surface area contributed by atoms with Crippen LogP contribution in [0.3, 0.4) is 0 Å². The van der Waals surface area contributed by atoms with Crippen LogP contribution >= 0.6 is 0 Å². The molecule has 0 saturated carbocycles. The molecule has 12 heteroatoms. The second-order valence-electron chi connectivity index (χ2n) is 6.42. The molecule has 1 saturated heterocycles. The Hall–Kier alpha value is -2.70. The maximum atomic E-state index is 12.2. The molecule has 3 N–H and O–H groups in total. The molecule has 158 valence electrons. The molecule has 1 aromatic heterocycles. The first-order chi connectivity index (χ1) is 13.6. The third kappa shape index (κ3) is 5.43. The highest BCUT2D eigenvalue weighted by atomic mass is 19.4. The van der Waals surface area contributed by atoms with E-state index in [4.69, 9.17) is 9.26 Å². The van der Waals surface area contributed by atoms with E-state index in [9.17, 15) is 28.2 Å². The van der Waals surface area contributed by atoms with Gasteiger partial charge in [-0.2, -0.15) is 4.98 Å². The predicted molar refractivity (Wildman–Crippen MR) is 89.5 cm³/mol. The first kappa shape index (κ1) is 21.0. The zero-order chi connectivity index (χ0) is 21.2. The van der Waals surface area contributed by atoms with Crippen molar-refractivity contribution >= 4 is 5.91 Å². The number of amides is 1. The van der Waals surface area contributed by atoms with Gasteiger partial charge in [-0.15, -0.1) is 13.2 Å². The van der Waals surface area contributed by atoms with Crippen molar-refractivity contribution in [3.05, 3.63) is 30.2 Å². The van der Waals surface area contributed by atoms with Crippen molar-refractivity contribution in [2.75, 3.05) is 6.54 Å². The van der Waals surface area contributed by atoms with Crippen LogP contribution in [0.1, 0.15) is 12.8 Å². The van der Waals surface area contributed by atoms with Crippen molar-refractivity contribution in [1.29, 1.82) is 0 Å². The van der Waals surface area contributed by atoms with Gasteiger partial charge in [0.25, 0.3) is 0 Å². The van der Waals surface area contributed by atoms with Crippen molar-refractivity contribution < 1.29 is 42.2 Å². The maximum absolute atomic E-state index is 12.2. The third-order valence-corrected chi connectivity index (χ3v) is 4.20. The summed E-state index contributed by atoms with van der Waals surface area (Å²) in [4.78, 5) is 15.1. The van der Waals surface area contributed by atoms with E-state index in [1.54, 1.807) is 0 Å². The van der Waals surface area contributed by atoms with Crippen molar-refractivity contribution in [3.8, 4) is 17.1 Å². The Kier molecular flexibility index (Phi) is 6.05. The molecule has 4 atom stereocenters. The lowest BCUT2D eigenvalue weighted by Gasteiger charge is -2.14. The number of nitrogens with one attached hydrogen (secondary N) is 1. The summed E-state index contributed by atoms with van der Waals surface area (Å²) in [5.41, 5.74) is 0.394. The monoisotopic (exact) mass is 417 g/mol. The third-order valence-electron chi connectivity index (χ3n) is 4.20. The lowest BCUT2D eigenvalue weighted by molar-refractivity contribution is -0.274. The van der Waals surface area contributed by atoms with Gasteiger partial charge in [-0.05, 0) is 24.3 Å². The maximum Gasteiger partial charge on any atom is 0.573 e. The second-order valence-corrected chi connectivity index (χ2v) is 6.42. The quantitative estimate of drug-likeness (QED) is 0.630. The Morgan fingerprint density at radius 3 is 2.48 bits per heavy atom. The standard InChI is InChI=1S/C17H18F3N3O6/c1-8(24)21-7-12-15(26)14(25)11(27-12)6-13-22-16(23-29-13)9-2-4-10(5-3-9)28-17(18,19)20/h2-5,11-12,14-15,25-26H,6-7H2,1H3,(H,21,24). The molecule has 1 aliphatic heterocycles. The second kappa shape index (κ2) is 8.35. The van der Waals surface area contributed by atoms with E-state index in [0.717, 1.165) is 12.1 Å². The van der Waals surface area contributed by atoms with E-state index < -0.39 is 30.8 Å². The molecule has 2 heterocycles. The molecule has 1 fully saturated rings. The van der Waals surface area contributed by atoms with Gasteiger partial charge < -0.3 is 29.5 Å². The summed E-state index contributed by atoms with van der Waals surface area (Å²) >= 11 is 0. The first-order valence-electron chi connectivity index (χ1n) is 8.57. The minimum Gasteiger partial charge on any atom is -0.406 e. The van der Waals surface area contributed by atoms with Crippen LogP contribution in [0.5, 0.6) is 5.75 Å². The SMILES string of the molecule is CC(=O)NCC1OC(Cc2nc(-c3ccc(OC(F)(F)F)cc3)no2)C(O)C1O. The molecule has 4 unspecified atom stereocenters. The van der Waals surface area contributed by atoms with Gasteiger partial charge in [0.05, 0.1) is 12.5 Å². The topological polar surface area (TPSA) is 127 Å². The molecule has 29 heavy (non-hydrogen) atoms. The highest BCUT2D eigenvalue weighted by molar-refractivity contribution is 5.72. The minimum absolute atomic E-state index is 0.00291. The highest BCUT2D eigenvalue weighted by Gasteiger charge is 2.43. The number of halogens is 3. The number of hydrogen-bond acceptors (Lipinski definition) is 8. The molecular formula is C17H18F3N3O6. The first-order valence-corrected chi connectivity index (χ1v) is 8.57. The van der Waals surface area contributed by atoms with E-state index in [-0.39, 0.29) is 36.3 Å². The molecule has 0 spiro atoms. The van der Waals surface area contributed by atoms with Crippen LogP contribution in [-0.2, 0) is 16.0 Å². The fraction of sp³-hybridized carbons (Fsp3) is 0.471. The number of carbonyl (C=O) groups is 1. The van der Waals surface area contributed by atoms with Gasteiger partial charge in [0, 0.05) is 19.0 Å². The number of aromatic nitrogens is 2. The Morgan fingerprint density at radius 1 is 1.21 bits per heavy atom. The Morgan fingerprint density at radius 2 is 1.86 bits per heavy atom. The van der Waals surface area contributed by atoms with E-state index >= 15 is 0 Å². The number of benzene rings is 1. The molecule has 0 bridgehead atoms. The average molecular weight is 417 g/mol. The Labute approximate surface area is 162 Å². The van der Waals surface area contributed by atoms with Crippen LogP contribution in [0.15, 0.2) is 28.8 Å². The van der Waals surface area contributed by atoms with Gasteiger partial charge in [-0.1, -0.05) is 5.16 Å². The number of alkyl halides is 3. The Balaban J connectivity index is 1.62. The number of rotatable bonds is 6. The lowest BCUT2D eigenvalue weighted by atomic mass is 10.1. The van der Waals surface area contributed by atoms with Crippen LogP contribution < -0.4 is 10.1 Å². The van der Waals surface area contributed by atoms with Crippen molar-refractivity contribution in [2.24, 2.45) is 0 Å². The zero-order valence-electron chi connectivity index (χ0n) is 15.1. The summed E-state index contributed by atoms with van der Waals surface area (Å²) in [6.07, 6.45) is -8.83. The lowest BCUT2D eigenvalue weighted by Crippen LogP contribution is -2.39. The molecule has 0 aliphatic carbocycles. The van der Waals surface area contributed by atoms with Gasteiger partial charge >= 0.3 is 6.36 Å². The van der Waals surface area contributed by atoms with Crippen LogP contribution in [0, 0.1) is 0 Å². The number of nitrogens with zero attached hydrogens (tertiary/aromatic N) is 2. The number of aliphatic hydroxyl groups excluding tert-OH is 2. The molecular weight excluding hydrogens is 399 g/mol.